The molecule has 0 unspecified atom stereocenters. The van der Waals surface area contributed by atoms with Gasteiger partial charge in [0.1, 0.15) is 11.4 Å². The lowest BCUT2D eigenvalue weighted by Crippen LogP contribution is -2.31. The lowest BCUT2D eigenvalue weighted by atomic mass is 10.1. The third-order valence-electron chi connectivity index (χ3n) is 3.08. The Morgan fingerprint density at radius 1 is 1.48 bits per heavy atom. The summed E-state index contributed by atoms with van der Waals surface area (Å²) >= 11 is 7.13. The van der Waals surface area contributed by atoms with Gasteiger partial charge in [-0.1, -0.05) is 11.6 Å². The minimum atomic E-state index is -0.608. The zero-order valence-corrected chi connectivity index (χ0v) is 12.6. The number of ether oxygens (including phenoxy) is 1. The molecule has 0 spiro atoms. The van der Waals surface area contributed by atoms with Crippen LogP contribution >= 0.6 is 22.9 Å². The van der Waals surface area contributed by atoms with E-state index >= 15 is 0 Å². The number of aromatic nitrogens is 1. The number of thiazole rings is 1. The van der Waals surface area contributed by atoms with Crippen molar-refractivity contribution in [2.45, 2.75) is 19.4 Å². The molecule has 108 valence electrons. The summed E-state index contributed by atoms with van der Waals surface area (Å²) in [6.07, 6.45) is -0.143. The van der Waals surface area contributed by atoms with E-state index in [2.05, 4.69) is 10.3 Å². The molecule has 1 aliphatic heterocycles. The van der Waals surface area contributed by atoms with E-state index < -0.39 is 6.10 Å². The van der Waals surface area contributed by atoms with Crippen LogP contribution in [0.1, 0.15) is 23.0 Å². The molecule has 0 bridgehead atoms. The minimum Gasteiger partial charge on any atom is -0.480 e. The molecule has 0 radical (unpaired) electrons. The monoisotopic (exact) mass is 322 g/mol. The van der Waals surface area contributed by atoms with E-state index in [-0.39, 0.29) is 11.7 Å². The first-order valence-electron chi connectivity index (χ1n) is 6.25. The topological polar surface area (TPSA) is 68.3 Å². The lowest BCUT2D eigenvalue weighted by molar-refractivity contribution is -0.122. The summed E-state index contributed by atoms with van der Waals surface area (Å²) in [5.74, 6) is 0.251. The van der Waals surface area contributed by atoms with E-state index in [0.717, 1.165) is 5.56 Å². The Hall–Kier alpha value is -1.92. The molecule has 1 aliphatic rings. The number of hydrogen-bond donors (Lipinski definition) is 1. The van der Waals surface area contributed by atoms with Crippen molar-refractivity contribution in [3.8, 4) is 5.75 Å². The molecule has 0 aliphatic carbocycles. The lowest BCUT2D eigenvalue weighted by Gasteiger charge is -2.09. The Morgan fingerprint density at radius 2 is 2.29 bits per heavy atom. The highest BCUT2D eigenvalue weighted by Gasteiger charge is 2.29. The largest absolute Gasteiger partial charge is 0.480 e. The molecule has 0 saturated carbocycles. The molecular formula is C14H11ClN2O3S. The van der Waals surface area contributed by atoms with Gasteiger partial charge in [0.05, 0.1) is 0 Å². The maximum absolute atomic E-state index is 12.2. The van der Waals surface area contributed by atoms with E-state index in [4.69, 9.17) is 16.3 Å². The number of ketones is 1. The van der Waals surface area contributed by atoms with Gasteiger partial charge in [-0.3, -0.25) is 14.9 Å². The van der Waals surface area contributed by atoms with Crippen LogP contribution in [0.25, 0.3) is 0 Å². The summed E-state index contributed by atoms with van der Waals surface area (Å²) in [6, 6.07) is 5.27. The molecular weight excluding hydrogens is 312 g/mol. The molecule has 2 heterocycles. The van der Waals surface area contributed by atoms with Crippen molar-refractivity contribution in [1.82, 2.24) is 4.98 Å². The molecule has 2 aromatic rings. The van der Waals surface area contributed by atoms with E-state index in [1.165, 1.54) is 18.3 Å². The second kappa shape index (κ2) is 5.46. The average Bonchev–Trinajstić information content (AvgIpc) is 3.04. The van der Waals surface area contributed by atoms with E-state index in [1.807, 2.05) is 0 Å². The Morgan fingerprint density at radius 3 is 3.00 bits per heavy atom. The molecule has 3 rings (SSSR count). The van der Waals surface area contributed by atoms with Crippen molar-refractivity contribution < 1.29 is 14.3 Å². The van der Waals surface area contributed by atoms with Gasteiger partial charge in [-0.25, -0.2) is 4.98 Å². The number of anilines is 1. The zero-order chi connectivity index (χ0) is 15.0. The van der Waals surface area contributed by atoms with Crippen molar-refractivity contribution in [3.05, 3.63) is 39.9 Å². The summed E-state index contributed by atoms with van der Waals surface area (Å²) in [7, 11) is 0. The summed E-state index contributed by atoms with van der Waals surface area (Å²) in [5, 5.41) is 5.29. The smallest absolute Gasteiger partial charge is 0.267 e. The normalized spacial score (nSPS) is 16.2. The third-order valence-corrected chi connectivity index (χ3v) is 4.08. The standard InChI is InChI=1S/C14H11ClN2O3S/c1-7(18)10-6-21-14(16-10)17-13(19)12-5-8-4-9(15)2-3-11(8)20-12/h2-4,6,12H,5H2,1H3,(H,16,17,19)/t12-/m1/s1. The van der Waals surface area contributed by atoms with Gasteiger partial charge in [0.25, 0.3) is 5.91 Å². The first kappa shape index (κ1) is 14.0. The Labute approximate surface area is 129 Å². The number of Topliss-reactive ketones (excluding diaryl/α,β-unsaturated/α-hetero) is 1. The second-order valence-corrected chi connectivity index (χ2v) is 5.94. The molecule has 7 heteroatoms. The third kappa shape index (κ3) is 2.91. The first-order valence-corrected chi connectivity index (χ1v) is 7.51. The quantitative estimate of drug-likeness (QED) is 0.882. The van der Waals surface area contributed by atoms with Crippen LogP contribution in [0.15, 0.2) is 23.6 Å². The molecule has 1 N–H and O–H groups in total. The zero-order valence-electron chi connectivity index (χ0n) is 11.1. The SMILES string of the molecule is CC(=O)c1csc(NC(=O)[C@H]2Cc3cc(Cl)ccc3O2)n1. The maximum atomic E-state index is 12.2. The van der Waals surface area contributed by atoms with Gasteiger partial charge in [0.15, 0.2) is 17.0 Å². The number of fused-ring (bicyclic) bond motifs is 1. The summed E-state index contributed by atoms with van der Waals surface area (Å²) < 4.78 is 5.59. The van der Waals surface area contributed by atoms with E-state index in [9.17, 15) is 9.59 Å². The Balaban J connectivity index is 1.68. The van der Waals surface area contributed by atoms with Crippen LogP contribution in [0.3, 0.4) is 0 Å². The van der Waals surface area contributed by atoms with Crippen LogP contribution in [-0.2, 0) is 11.2 Å². The highest BCUT2D eigenvalue weighted by molar-refractivity contribution is 7.14. The number of nitrogens with zero attached hydrogens (tertiary/aromatic N) is 1. The van der Waals surface area contributed by atoms with Crippen LogP contribution in [-0.4, -0.2) is 22.8 Å². The van der Waals surface area contributed by atoms with Crippen molar-refractivity contribution in [2.75, 3.05) is 5.32 Å². The molecule has 0 fully saturated rings. The number of benzene rings is 1. The number of carbonyl (C=O) groups is 2. The van der Waals surface area contributed by atoms with Crippen LogP contribution < -0.4 is 10.1 Å². The fourth-order valence-electron chi connectivity index (χ4n) is 2.04. The molecule has 1 atom stereocenters. The van der Waals surface area contributed by atoms with Gasteiger partial charge in [-0.2, -0.15) is 0 Å². The Kier molecular flexibility index (Phi) is 3.65. The highest BCUT2D eigenvalue weighted by atomic mass is 35.5. The van der Waals surface area contributed by atoms with E-state index in [0.29, 0.717) is 28.0 Å². The number of halogens is 1. The molecule has 21 heavy (non-hydrogen) atoms. The summed E-state index contributed by atoms with van der Waals surface area (Å²) in [6.45, 7) is 1.43. The fourth-order valence-corrected chi connectivity index (χ4v) is 2.99. The van der Waals surface area contributed by atoms with Gasteiger partial charge in [-0.05, 0) is 23.8 Å². The van der Waals surface area contributed by atoms with E-state index in [1.54, 1.807) is 23.6 Å². The summed E-state index contributed by atoms with van der Waals surface area (Å²) in [5.41, 5.74) is 1.25. The molecule has 1 amide bonds. The number of rotatable bonds is 3. The average molecular weight is 323 g/mol. The minimum absolute atomic E-state index is 0.133. The highest BCUT2D eigenvalue weighted by Crippen LogP contribution is 2.31. The number of hydrogen-bond acceptors (Lipinski definition) is 5. The van der Waals surface area contributed by atoms with Gasteiger partial charge >= 0.3 is 0 Å². The van der Waals surface area contributed by atoms with Crippen LogP contribution in [0.4, 0.5) is 5.13 Å². The maximum Gasteiger partial charge on any atom is 0.267 e. The summed E-state index contributed by atoms with van der Waals surface area (Å²) in [4.78, 5) is 27.4. The predicted molar refractivity (Wildman–Crippen MR) is 80.3 cm³/mol. The van der Waals surface area contributed by atoms with Crippen LogP contribution in [0.2, 0.25) is 5.02 Å². The Bertz CT molecular complexity index is 729. The van der Waals surface area contributed by atoms with Crippen LogP contribution in [0.5, 0.6) is 5.75 Å². The van der Waals surface area contributed by atoms with Gasteiger partial charge in [-0.15, -0.1) is 11.3 Å². The van der Waals surface area contributed by atoms with Crippen LogP contribution in [0, 0.1) is 0 Å². The molecule has 5 nitrogen and oxygen atoms in total. The molecule has 1 aromatic carbocycles. The van der Waals surface area contributed by atoms with Crippen molar-refractivity contribution in [1.29, 1.82) is 0 Å². The fraction of sp³-hybridized carbons (Fsp3) is 0.214. The number of nitrogens with one attached hydrogen (secondary N) is 1. The van der Waals surface area contributed by atoms with Crippen molar-refractivity contribution in [3.63, 3.8) is 0 Å². The molecule has 0 saturated heterocycles. The van der Waals surface area contributed by atoms with Gasteiger partial charge < -0.3 is 4.74 Å². The van der Waals surface area contributed by atoms with Crippen molar-refractivity contribution >= 4 is 39.8 Å². The second-order valence-electron chi connectivity index (χ2n) is 4.65. The van der Waals surface area contributed by atoms with Gasteiger partial charge in [0, 0.05) is 23.7 Å². The number of amides is 1. The number of carbonyl (C=O) groups excluding carboxylic acids is 2. The van der Waals surface area contributed by atoms with Gasteiger partial charge in [0.2, 0.25) is 0 Å². The first-order chi connectivity index (χ1) is 10.0. The molecule has 1 aromatic heterocycles. The predicted octanol–water partition coefficient (Wildman–Crippen LogP) is 2.94. The van der Waals surface area contributed by atoms with Crippen molar-refractivity contribution in [2.24, 2.45) is 0 Å².